The number of alkyl halides is 1. The molecule has 0 spiro atoms. The molecule has 0 aromatic carbocycles. The van der Waals surface area contributed by atoms with Gasteiger partial charge in [0.25, 0.3) is 0 Å². The zero-order chi connectivity index (χ0) is 23.9. The van der Waals surface area contributed by atoms with Gasteiger partial charge in [-0.15, -0.1) is 0 Å². The van der Waals surface area contributed by atoms with Crippen molar-refractivity contribution in [1.82, 2.24) is 0 Å². The Morgan fingerprint density at radius 3 is 2.53 bits per heavy atom. The lowest BCUT2D eigenvalue weighted by molar-refractivity contribution is -0.0389. The molecule has 3 aliphatic carbocycles. The Morgan fingerprint density at radius 1 is 1.19 bits per heavy atom. The lowest BCUT2D eigenvalue weighted by Gasteiger charge is -2.44. The van der Waals surface area contributed by atoms with Crippen LogP contribution in [0, 0.1) is 23.2 Å². The summed E-state index contributed by atoms with van der Waals surface area (Å²) < 4.78 is 14.9. The number of aliphatic hydroxyl groups is 3. The van der Waals surface area contributed by atoms with Crippen LogP contribution in [-0.2, 0) is 0 Å². The van der Waals surface area contributed by atoms with Gasteiger partial charge in [0, 0.05) is 6.42 Å². The van der Waals surface area contributed by atoms with E-state index < -0.39 is 23.5 Å². The van der Waals surface area contributed by atoms with Crippen LogP contribution in [0.15, 0.2) is 47.6 Å². The molecule has 32 heavy (non-hydrogen) atoms. The van der Waals surface area contributed by atoms with Gasteiger partial charge >= 0.3 is 0 Å². The van der Waals surface area contributed by atoms with Crippen molar-refractivity contribution in [3.8, 4) is 0 Å². The van der Waals surface area contributed by atoms with Gasteiger partial charge in [-0.05, 0) is 99.7 Å². The van der Waals surface area contributed by atoms with Crippen molar-refractivity contribution in [2.75, 3.05) is 0 Å². The van der Waals surface area contributed by atoms with Crippen LogP contribution in [0.2, 0.25) is 0 Å². The quantitative estimate of drug-likeness (QED) is 0.467. The maximum Gasteiger partial charge on any atom is 0.154 e. The molecule has 3 fully saturated rings. The van der Waals surface area contributed by atoms with Crippen molar-refractivity contribution in [2.24, 2.45) is 23.2 Å². The predicted molar refractivity (Wildman–Crippen MR) is 129 cm³/mol. The van der Waals surface area contributed by atoms with Gasteiger partial charge < -0.3 is 15.3 Å². The third-order valence-electron chi connectivity index (χ3n) is 8.85. The van der Waals surface area contributed by atoms with Crippen LogP contribution >= 0.6 is 0 Å². The Morgan fingerprint density at radius 2 is 1.88 bits per heavy atom. The van der Waals surface area contributed by atoms with Gasteiger partial charge in [0.1, 0.15) is 0 Å². The van der Waals surface area contributed by atoms with Crippen molar-refractivity contribution in [1.29, 1.82) is 0 Å². The van der Waals surface area contributed by atoms with Crippen molar-refractivity contribution in [3.63, 3.8) is 0 Å². The minimum atomic E-state index is -1.76. The minimum Gasteiger partial charge on any atom is -0.393 e. The molecule has 0 heterocycles. The summed E-state index contributed by atoms with van der Waals surface area (Å²) in [4.78, 5) is 0. The van der Waals surface area contributed by atoms with Gasteiger partial charge in [-0.25, -0.2) is 4.39 Å². The molecular formula is C28H43FO3. The first kappa shape index (κ1) is 25.4. The normalized spacial score (nSPS) is 39.5. The Hall–Kier alpha value is -1.23. The molecule has 3 rings (SSSR count). The number of fused-ring (bicyclic) bond motifs is 1. The summed E-state index contributed by atoms with van der Waals surface area (Å²) in [5, 5.41) is 30.3. The summed E-state index contributed by atoms with van der Waals surface area (Å²) in [7, 11) is 0. The van der Waals surface area contributed by atoms with E-state index in [2.05, 4.69) is 32.6 Å². The molecule has 0 bridgehead atoms. The SMILES string of the molecule is C=C1/C(=C\C=C2/CCC[C@@]3(C)C2CC[C@@H]3[C@H](C)/C=C/[C@@](C)(F)C(C)(C)O)C[C@@H](O)CC1O. The first-order valence-corrected chi connectivity index (χ1v) is 12.3. The second-order valence-corrected chi connectivity index (χ2v) is 11.5. The van der Waals surface area contributed by atoms with E-state index in [1.54, 1.807) is 6.08 Å². The zero-order valence-electron chi connectivity index (χ0n) is 20.6. The van der Waals surface area contributed by atoms with E-state index in [9.17, 15) is 19.7 Å². The molecule has 0 amide bonds. The highest BCUT2D eigenvalue weighted by molar-refractivity contribution is 5.38. The van der Waals surface area contributed by atoms with Gasteiger partial charge in [-0.2, -0.15) is 0 Å². The molecule has 3 saturated carbocycles. The molecule has 0 saturated heterocycles. The molecule has 0 aliphatic heterocycles. The lowest BCUT2D eigenvalue weighted by atomic mass is 9.61. The largest absolute Gasteiger partial charge is 0.393 e. The van der Waals surface area contributed by atoms with Crippen LogP contribution in [-0.4, -0.2) is 38.8 Å². The molecule has 3 aliphatic rings. The van der Waals surface area contributed by atoms with Crippen molar-refractivity contribution in [2.45, 2.75) is 103 Å². The predicted octanol–water partition coefficient (Wildman–Crippen LogP) is 5.82. The van der Waals surface area contributed by atoms with E-state index in [1.165, 1.54) is 32.8 Å². The number of hydrogen-bond donors (Lipinski definition) is 3. The molecule has 0 radical (unpaired) electrons. The smallest absolute Gasteiger partial charge is 0.154 e. The summed E-state index contributed by atoms with van der Waals surface area (Å²) in [5.41, 5.74) is 0.145. The highest BCUT2D eigenvalue weighted by Gasteiger charge is 2.50. The first-order valence-electron chi connectivity index (χ1n) is 12.3. The maximum absolute atomic E-state index is 14.9. The standard InChI is InChI=1S/C28H43FO3/c1-18(13-15-28(6,29)26(3,4)32)23-11-12-24-20(8-7-14-27(23,24)5)9-10-21-16-22(30)17-25(31)19(21)2/h9-10,13,15,18,22-25,30-32H,2,7-8,11-12,14,16-17H2,1,3-6H3/b15-13+,20-9+,21-10-/t18-,22-,23-,24?,25?,27-,28-/m1/s1. The van der Waals surface area contributed by atoms with E-state index >= 15 is 0 Å². The fourth-order valence-electron chi connectivity index (χ4n) is 6.28. The Balaban J connectivity index is 1.78. The van der Waals surface area contributed by atoms with Gasteiger partial charge in [0.05, 0.1) is 17.8 Å². The van der Waals surface area contributed by atoms with E-state index in [0.717, 1.165) is 36.8 Å². The minimum absolute atomic E-state index is 0.177. The van der Waals surface area contributed by atoms with Crippen molar-refractivity contribution < 1.29 is 19.7 Å². The number of hydrogen-bond acceptors (Lipinski definition) is 3. The Kier molecular flexibility index (Phi) is 7.30. The molecule has 2 unspecified atom stereocenters. The number of allylic oxidation sites excluding steroid dienone is 4. The average Bonchev–Trinajstić information content (AvgIpc) is 3.04. The molecule has 0 aromatic rings. The highest BCUT2D eigenvalue weighted by Crippen LogP contribution is 2.59. The summed E-state index contributed by atoms with van der Waals surface area (Å²) >= 11 is 0. The molecule has 3 nitrogen and oxygen atoms in total. The highest BCUT2D eigenvalue weighted by atomic mass is 19.1. The van der Waals surface area contributed by atoms with Crippen LogP contribution < -0.4 is 0 Å². The summed E-state index contributed by atoms with van der Waals surface area (Å²) in [6, 6.07) is 0. The molecule has 0 aromatic heterocycles. The Bertz CT molecular complexity index is 800. The van der Waals surface area contributed by atoms with Gasteiger partial charge in [0.2, 0.25) is 0 Å². The Labute approximate surface area is 193 Å². The van der Waals surface area contributed by atoms with Crippen molar-refractivity contribution >= 4 is 0 Å². The van der Waals surface area contributed by atoms with E-state index in [0.29, 0.717) is 24.7 Å². The monoisotopic (exact) mass is 446 g/mol. The van der Waals surface area contributed by atoms with Crippen molar-refractivity contribution in [3.05, 3.63) is 47.6 Å². The average molecular weight is 447 g/mol. The zero-order valence-corrected chi connectivity index (χ0v) is 20.6. The first-order chi connectivity index (χ1) is 14.8. The topological polar surface area (TPSA) is 60.7 Å². The van der Waals surface area contributed by atoms with E-state index in [-0.39, 0.29) is 11.3 Å². The summed E-state index contributed by atoms with van der Waals surface area (Å²) in [6.07, 6.45) is 13.2. The lowest BCUT2D eigenvalue weighted by Crippen LogP contribution is -2.42. The van der Waals surface area contributed by atoms with Gasteiger partial charge in [-0.1, -0.05) is 44.2 Å². The molecule has 180 valence electrons. The van der Waals surface area contributed by atoms with Crippen LogP contribution in [0.25, 0.3) is 0 Å². The third-order valence-corrected chi connectivity index (χ3v) is 8.85. The second kappa shape index (κ2) is 9.19. The van der Waals surface area contributed by atoms with Crippen LogP contribution in [0.3, 0.4) is 0 Å². The number of aliphatic hydroxyl groups excluding tert-OH is 2. The van der Waals surface area contributed by atoms with E-state index in [1.807, 2.05) is 6.08 Å². The molecule has 7 atom stereocenters. The number of rotatable bonds is 5. The fraction of sp³-hybridized carbons (Fsp3) is 0.714. The van der Waals surface area contributed by atoms with Gasteiger partial charge in [-0.3, -0.25) is 0 Å². The van der Waals surface area contributed by atoms with E-state index in [4.69, 9.17) is 0 Å². The van der Waals surface area contributed by atoms with Crippen LogP contribution in [0.5, 0.6) is 0 Å². The second-order valence-electron chi connectivity index (χ2n) is 11.5. The third kappa shape index (κ3) is 4.98. The molecule has 4 heteroatoms. The number of halogens is 1. The van der Waals surface area contributed by atoms with Crippen LogP contribution in [0.1, 0.15) is 79.6 Å². The molecular weight excluding hydrogens is 403 g/mol. The fourth-order valence-corrected chi connectivity index (χ4v) is 6.28. The summed E-state index contributed by atoms with van der Waals surface area (Å²) in [5.74, 6) is 1.22. The van der Waals surface area contributed by atoms with Crippen LogP contribution in [0.4, 0.5) is 4.39 Å². The maximum atomic E-state index is 14.9. The summed E-state index contributed by atoms with van der Waals surface area (Å²) in [6.45, 7) is 13.1. The van der Waals surface area contributed by atoms with Gasteiger partial charge in [0.15, 0.2) is 5.67 Å². The molecule has 3 N–H and O–H groups in total.